The number of ether oxygens (including phenoxy) is 1. The van der Waals surface area contributed by atoms with Crippen LogP contribution < -0.4 is 14.0 Å². The average molecular weight is 470 g/mol. The van der Waals surface area contributed by atoms with E-state index in [2.05, 4.69) is 0 Å². The van der Waals surface area contributed by atoms with Gasteiger partial charge in [-0.25, -0.2) is 18.0 Å². The maximum absolute atomic E-state index is 13.5. The van der Waals surface area contributed by atoms with Crippen LogP contribution in [0.25, 0.3) is 10.3 Å². The van der Waals surface area contributed by atoms with Gasteiger partial charge in [-0.1, -0.05) is 55.5 Å². The van der Waals surface area contributed by atoms with Crippen molar-refractivity contribution in [2.75, 3.05) is 4.31 Å². The molecule has 9 heteroatoms. The summed E-state index contributed by atoms with van der Waals surface area (Å²) in [6.07, 6.45) is -1.10. The van der Waals surface area contributed by atoms with Crippen molar-refractivity contribution < 1.29 is 22.4 Å². The van der Waals surface area contributed by atoms with Crippen molar-refractivity contribution in [3.63, 3.8) is 0 Å². The number of carbonyl (C=O) groups is 1. The van der Waals surface area contributed by atoms with E-state index in [9.17, 15) is 18.0 Å². The van der Waals surface area contributed by atoms with Crippen molar-refractivity contribution in [2.45, 2.75) is 24.7 Å². The van der Waals surface area contributed by atoms with Crippen LogP contribution in [0, 0.1) is 0 Å². The number of benzene rings is 3. The van der Waals surface area contributed by atoms with Crippen LogP contribution in [0.5, 0.6) is 5.75 Å². The normalized spacial score (nSPS) is 11.6. The van der Waals surface area contributed by atoms with Crippen LogP contribution in [0.1, 0.15) is 25.3 Å². The van der Waals surface area contributed by atoms with E-state index in [1.807, 2.05) is 13.8 Å². The third-order valence-electron chi connectivity index (χ3n) is 4.75. The van der Waals surface area contributed by atoms with Gasteiger partial charge in [-0.15, -0.1) is 0 Å². The Labute approximate surface area is 188 Å². The molecule has 1 heterocycles. The number of para-hydroxylation sites is 1. The molecule has 0 saturated carbocycles. The summed E-state index contributed by atoms with van der Waals surface area (Å²) in [4.78, 5) is 24.1. The Bertz CT molecular complexity index is 1420. The molecule has 0 radical (unpaired) electrons. The van der Waals surface area contributed by atoms with E-state index in [1.54, 1.807) is 42.5 Å². The number of nitrogens with zero attached hydrogens (tertiary/aromatic N) is 1. The van der Waals surface area contributed by atoms with Gasteiger partial charge in [-0.3, -0.25) is 0 Å². The van der Waals surface area contributed by atoms with E-state index in [0.29, 0.717) is 14.6 Å². The second-order valence-electron chi connectivity index (χ2n) is 7.26. The van der Waals surface area contributed by atoms with Crippen molar-refractivity contribution in [1.82, 2.24) is 0 Å². The molecule has 0 aliphatic carbocycles. The van der Waals surface area contributed by atoms with Gasteiger partial charge in [0, 0.05) is 0 Å². The molecule has 0 aliphatic rings. The number of hydrogen-bond donors (Lipinski definition) is 0. The molecule has 0 N–H and O–H groups in total. The Balaban J connectivity index is 1.81. The topological polar surface area (TPSA) is 93.9 Å². The van der Waals surface area contributed by atoms with E-state index in [1.165, 1.54) is 30.3 Å². The number of amides is 1. The number of hydrogen-bond acceptors (Lipinski definition) is 7. The largest absolute Gasteiger partial charge is 0.434 e. The lowest BCUT2D eigenvalue weighted by molar-refractivity contribution is 0.211. The quantitative estimate of drug-likeness (QED) is 0.390. The summed E-state index contributed by atoms with van der Waals surface area (Å²) >= 11 is 0.815. The van der Waals surface area contributed by atoms with Crippen molar-refractivity contribution in [3.05, 3.63) is 88.1 Å². The molecule has 32 heavy (non-hydrogen) atoms. The van der Waals surface area contributed by atoms with Gasteiger partial charge in [0.1, 0.15) is 11.3 Å². The van der Waals surface area contributed by atoms with Crippen molar-refractivity contribution >= 4 is 43.4 Å². The van der Waals surface area contributed by atoms with Gasteiger partial charge in [0.05, 0.1) is 15.3 Å². The third-order valence-corrected chi connectivity index (χ3v) is 7.24. The second-order valence-corrected chi connectivity index (χ2v) is 10.0. The van der Waals surface area contributed by atoms with Crippen LogP contribution in [0.15, 0.2) is 86.9 Å². The molecule has 1 amide bonds. The molecule has 0 bridgehead atoms. The molecule has 4 aromatic rings. The first kappa shape index (κ1) is 21.8. The molecule has 0 atom stereocenters. The predicted molar refractivity (Wildman–Crippen MR) is 123 cm³/mol. The van der Waals surface area contributed by atoms with Crippen LogP contribution in [-0.2, 0) is 10.0 Å². The molecule has 0 spiro atoms. The number of anilines is 1. The van der Waals surface area contributed by atoms with Crippen LogP contribution in [0.4, 0.5) is 10.5 Å². The van der Waals surface area contributed by atoms with Crippen molar-refractivity contribution in [2.24, 2.45) is 0 Å². The van der Waals surface area contributed by atoms with Crippen molar-refractivity contribution in [3.8, 4) is 5.75 Å². The summed E-state index contributed by atoms with van der Waals surface area (Å²) < 4.78 is 38.5. The van der Waals surface area contributed by atoms with E-state index >= 15 is 0 Å². The zero-order valence-corrected chi connectivity index (χ0v) is 18.9. The van der Waals surface area contributed by atoms with Gasteiger partial charge in [0.25, 0.3) is 10.0 Å². The highest BCUT2D eigenvalue weighted by molar-refractivity contribution is 7.93. The number of rotatable bonds is 5. The molecule has 1 aromatic heterocycles. The lowest BCUT2D eigenvalue weighted by atomic mass is 10.0. The molecule has 164 valence electrons. The minimum atomic E-state index is -4.32. The van der Waals surface area contributed by atoms with E-state index < -0.39 is 21.1 Å². The van der Waals surface area contributed by atoms with Gasteiger partial charge in [-0.2, -0.15) is 4.31 Å². The summed E-state index contributed by atoms with van der Waals surface area (Å²) in [6, 6.07) is 18.8. The zero-order chi connectivity index (χ0) is 22.9. The van der Waals surface area contributed by atoms with Crippen LogP contribution in [0.3, 0.4) is 0 Å². The number of sulfonamides is 1. The molecule has 7 nitrogen and oxygen atoms in total. The Morgan fingerprint density at radius 1 is 1.00 bits per heavy atom. The fraction of sp³-hybridized carbons (Fsp3) is 0.130. The van der Waals surface area contributed by atoms with E-state index in [4.69, 9.17) is 9.15 Å². The van der Waals surface area contributed by atoms with E-state index in [-0.39, 0.29) is 22.3 Å². The molecule has 0 saturated heterocycles. The molecule has 0 fully saturated rings. The van der Waals surface area contributed by atoms with Crippen LogP contribution >= 0.6 is 11.3 Å². The summed E-state index contributed by atoms with van der Waals surface area (Å²) in [5.41, 5.74) is 1.30. The molecular formula is C23H19NO6S2. The maximum atomic E-state index is 13.5. The van der Waals surface area contributed by atoms with Crippen LogP contribution in [0.2, 0.25) is 0 Å². The first-order valence-electron chi connectivity index (χ1n) is 9.71. The van der Waals surface area contributed by atoms with Gasteiger partial charge in [-0.05, 0) is 53.9 Å². The average Bonchev–Trinajstić information content (AvgIpc) is 3.14. The number of carbonyl (C=O) groups excluding carboxylic acids is 1. The minimum Gasteiger partial charge on any atom is -0.414 e. The first-order valence-corrected chi connectivity index (χ1v) is 12.0. The molecule has 3 aromatic carbocycles. The summed E-state index contributed by atoms with van der Waals surface area (Å²) in [5, 5.41) is 0. The Morgan fingerprint density at radius 3 is 2.34 bits per heavy atom. The molecule has 4 rings (SSSR count). The Morgan fingerprint density at radius 2 is 1.69 bits per heavy atom. The van der Waals surface area contributed by atoms with Crippen molar-refractivity contribution in [1.29, 1.82) is 0 Å². The smallest absolute Gasteiger partial charge is 0.414 e. The predicted octanol–water partition coefficient (Wildman–Crippen LogP) is 5.37. The summed E-state index contributed by atoms with van der Waals surface area (Å²) in [6.45, 7) is 4.00. The summed E-state index contributed by atoms with van der Waals surface area (Å²) in [5.74, 6) is 0.416. The SMILES string of the molecule is CC(C)c1ccc(S(=O)(=O)N(C(=O)Oc2ccccc2)c2ccc3oc(=O)sc3c2)cc1. The fourth-order valence-corrected chi connectivity index (χ4v) is 5.11. The molecule has 0 aliphatic heterocycles. The zero-order valence-electron chi connectivity index (χ0n) is 17.2. The fourth-order valence-electron chi connectivity index (χ4n) is 3.09. The first-order chi connectivity index (χ1) is 15.3. The second kappa shape index (κ2) is 8.60. The van der Waals surface area contributed by atoms with Crippen LogP contribution in [-0.4, -0.2) is 14.5 Å². The molecule has 0 unspecified atom stereocenters. The molecular weight excluding hydrogens is 450 g/mol. The highest BCUT2D eigenvalue weighted by Crippen LogP contribution is 2.30. The lowest BCUT2D eigenvalue weighted by Gasteiger charge is -2.22. The third kappa shape index (κ3) is 4.30. The highest BCUT2D eigenvalue weighted by atomic mass is 32.2. The lowest BCUT2D eigenvalue weighted by Crippen LogP contribution is -2.39. The van der Waals surface area contributed by atoms with Gasteiger partial charge in [0.2, 0.25) is 0 Å². The Hall–Kier alpha value is -3.43. The highest BCUT2D eigenvalue weighted by Gasteiger charge is 2.33. The minimum absolute atomic E-state index is 0.0309. The maximum Gasteiger partial charge on any atom is 0.434 e. The standard InChI is InChI=1S/C23H19NO6S2/c1-15(2)16-8-11-19(12-9-16)32(27,28)24(22(25)29-18-6-4-3-5-7-18)17-10-13-20-21(14-17)31-23(26)30-20/h3-15H,1-2H3. The van der Waals surface area contributed by atoms with E-state index in [0.717, 1.165) is 16.9 Å². The number of fused-ring (bicyclic) bond motifs is 1. The summed E-state index contributed by atoms with van der Waals surface area (Å²) in [7, 11) is -4.32. The Kier molecular flexibility index (Phi) is 5.86. The monoisotopic (exact) mass is 469 g/mol. The van der Waals surface area contributed by atoms with Gasteiger partial charge < -0.3 is 9.15 Å². The van der Waals surface area contributed by atoms with Gasteiger partial charge in [0.15, 0.2) is 0 Å². The van der Waals surface area contributed by atoms with Gasteiger partial charge >= 0.3 is 11.0 Å².